The van der Waals surface area contributed by atoms with Crippen LogP contribution in [0.25, 0.3) is 0 Å². The van der Waals surface area contributed by atoms with Crippen molar-refractivity contribution in [3.8, 4) is 0 Å². The van der Waals surface area contributed by atoms with Crippen LogP contribution >= 0.6 is 0 Å². The number of benzene rings is 1. The molecule has 2 N–H and O–H groups in total. The maximum Gasteiger partial charge on any atom is 0.111 e. The van der Waals surface area contributed by atoms with Gasteiger partial charge in [-0.05, 0) is 12.5 Å². The molecule has 0 aliphatic carbocycles. The van der Waals surface area contributed by atoms with Gasteiger partial charge in [-0.2, -0.15) is 0 Å². The fraction of sp³-hybridized carbons (Fsp3) is 0.455. The van der Waals surface area contributed by atoms with E-state index in [1.54, 1.807) is 0 Å². The van der Waals surface area contributed by atoms with Crippen LogP contribution in [0.15, 0.2) is 30.3 Å². The molecule has 1 aromatic rings. The minimum Gasteiger partial charge on any atom is -0.394 e. The first-order chi connectivity index (χ1) is 6.79. The zero-order chi connectivity index (χ0) is 10.4. The molecule has 0 aliphatic heterocycles. The van der Waals surface area contributed by atoms with Crippen molar-refractivity contribution in [2.75, 3.05) is 13.2 Å². The third-order valence-electron chi connectivity index (χ3n) is 2.05. The monoisotopic (exact) mass is 196 g/mol. The molecule has 3 heteroatoms. The summed E-state index contributed by atoms with van der Waals surface area (Å²) in [4.78, 5) is 0. The number of aliphatic hydroxyl groups excluding tert-OH is 2. The largest absolute Gasteiger partial charge is 0.394 e. The normalized spacial score (nSPS) is 15.1. The van der Waals surface area contributed by atoms with Crippen molar-refractivity contribution in [3.63, 3.8) is 0 Å². The molecule has 2 atom stereocenters. The summed E-state index contributed by atoms with van der Waals surface area (Å²) in [5.74, 6) is 0. The molecule has 1 aromatic carbocycles. The lowest BCUT2D eigenvalue weighted by Crippen LogP contribution is -2.26. The summed E-state index contributed by atoms with van der Waals surface area (Å²) < 4.78 is 5.21. The van der Waals surface area contributed by atoms with Gasteiger partial charge < -0.3 is 14.9 Å². The molecule has 3 nitrogen and oxygen atoms in total. The molecule has 2 unspecified atom stereocenters. The molecule has 1 rings (SSSR count). The first kappa shape index (κ1) is 11.2. The van der Waals surface area contributed by atoms with Gasteiger partial charge >= 0.3 is 0 Å². The first-order valence-electron chi connectivity index (χ1n) is 4.75. The lowest BCUT2D eigenvalue weighted by Gasteiger charge is -2.20. The Morgan fingerprint density at radius 2 is 1.93 bits per heavy atom. The van der Waals surface area contributed by atoms with Gasteiger partial charge in [0.15, 0.2) is 0 Å². The molecule has 0 radical (unpaired) electrons. The number of hydrogen-bond acceptors (Lipinski definition) is 3. The van der Waals surface area contributed by atoms with Crippen LogP contribution in [0, 0.1) is 0 Å². The van der Waals surface area contributed by atoms with Gasteiger partial charge in [0.05, 0.1) is 6.61 Å². The van der Waals surface area contributed by atoms with E-state index in [2.05, 4.69) is 0 Å². The summed E-state index contributed by atoms with van der Waals surface area (Å²) in [5, 5.41) is 18.8. The predicted molar refractivity (Wildman–Crippen MR) is 53.9 cm³/mol. The van der Waals surface area contributed by atoms with Crippen molar-refractivity contribution in [3.05, 3.63) is 35.9 Å². The van der Waals surface area contributed by atoms with Gasteiger partial charge in [0.1, 0.15) is 12.2 Å². The molecule has 0 fully saturated rings. The van der Waals surface area contributed by atoms with Gasteiger partial charge in [0.25, 0.3) is 0 Å². The predicted octanol–water partition coefficient (Wildman–Crippen LogP) is 1.12. The van der Waals surface area contributed by atoms with E-state index in [0.717, 1.165) is 5.56 Å². The van der Waals surface area contributed by atoms with Crippen LogP contribution in [-0.4, -0.2) is 29.5 Å². The first-order valence-corrected chi connectivity index (χ1v) is 4.75. The van der Waals surface area contributed by atoms with E-state index in [1.165, 1.54) is 0 Å². The maximum atomic E-state index is 9.83. The van der Waals surface area contributed by atoms with E-state index >= 15 is 0 Å². The quantitative estimate of drug-likeness (QED) is 0.742. The third-order valence-corrected chi connectivity index (χ3v) is 2.05. The molecule has 78 valence electrons. The van der Waals surface area contributed by atoms with E-state index in [-0.39, 0.29) is 6.61 Å². The Bertz CT molecular complexity index is 248. The second-order valence-corrected chi connectivity index (χ2v) is 3.03. The summed E-state index contributed by atoms with van der Waals surface area (Å²) in [6.07, 6.45) is -1.30. The standard InChI is InChI=1S/C11H16O3/c1-2-14-10(8-12)11(13)9-6-4-3-5-7-9/h3-7,10-13H,2,8H2,1H3. The zero-order valence-corrected chi connectivity index (χ0v) is 8.26. The minimum absolute atomic E-state index is 0.177. The molecular weight excluding hydrogens is 180 g/mol. The van der Waals surface area contributed by atoms with Crippen LogP contribution < -0.4 is 0 Å². The van der Waals surface area contributed by atoms with Crippen molar-refractivity contribution >= 4 is 0 Å². The van der Waals surface area contributed by atoms with E-state index in [4.69, 9.17) is 9.84 Å². The topological polar surface area (TPSA) is 49.7 Å². The van der Waals surface area contributed by atoms with Crippen LogP contribution in [0.5, 0.6) is 0 Å². The summed E-state index contributed by atoms with van der Waals surface area (Å²) in [7, 11) is 0. The Balaban J connectivity index is 2.67. The fourth-order valence-electron chi connectivity index (χ4n) is 1.32. The molecule has 0 amide bonds. The highest BCUT2D eigenvalue weighted by Crippen LogP contribution is 2.18. The highest BCUT2D eigenvalue weighted by Gasteiger charge is 2.19. The third kappa shape index (κ3) is 2.80. The van der Waals surface area contributed by atoms with Crippen LogP contribution in [0.4, 0.5) is 0 Å². The smallest absolute Gasteiger partial charge is 0.111 e. The van der Waals surface area contributed by atoms with Gasteiger partial charge in [-0.3, -0.25) is 0 Å². The summed E-state index contributed by atoms with van der Waals surface area (Å²) in [6, 6.07) is 9.20. The Morgan fingerprint density at radius 3 is 2.43 bits per heavy atom. The molecule has 0 aliphatic rings. The van der Waals surface area contributed by atoms with Crippen molar-refractivity contribution in [1.29, 1.82) is 0 Å². The average Bonchev–Trinajstić information content (AvgIpc) is 2.26. The Hall–Kier alpha value is -0.900. The molecular formula is C11H16O3. The number of rotatable bonds is 5. The number of hydrogen-bond donors (Lipinski definition) is 2. The molecule has 0 saturated heterocycles. The molecule has 0 bridgehead atoms. The van der Waals surface area contributed by atoms with Gasteiger partial charge in [-0.15, -0.1) is 0 Å². The van der Waals surface area contributed by atoms with E-state index in [9.17, 15) is 5.11 Å². The average molecular weight is 196 g/mol. The van der Waals surface area contributed by atoms with E-state index < -0.39 is 12.2 Å². The lowest BCUT2D eigenvalue weighted by atomic mass is 10.1. The molecule has 0 saturated carbocycles. The Labute approximate surface area is 84.0 Å². The van der Waals surface area contributed by atoms with Crippen LogP contribution in [0.3, 0.4) is 0 Å². The number of ether oxygens (including phenoxy) is 1. The minimum atomic E-state index is -0.763. The second kappa shape index (κ2) is 5.75. The van der Waals surface area contributed by atoms with Gasteiger partial charge in [0, 0.05) is 6.61 Å². The van der Waals surface area contributed by atoms with Gasteiger partial charge in [-0.1, -0.05) is 30.3 Å². The lowest BCUT2D eigenvalue weighted by molar-refractivity contribution is -0.0605. The molecule has 14 heavy (non-hydrogen) atoms. The molecule has 0 spiro atoms. The van der Waals surface area contributed by atoms with Crippen molar-refractivity contribution in [2.45, 2.75) is 19.1 Å². The Morgan fingerprint density at radius 1 is 1.29 bits per heavy atom. The van der Waals surface area contributed by atoms with Gasteiger partial charge in [-0.25, -0.2) is 0 Å². The number of aliphatic hydroxyl groups is 2. The van der Waals surface area contributed by atoms with Crippen molar-refractivity contribution < 1.29 is 14.9 Å². The maximum absolute atomic E-state index is 9.83. The van der Waals surface area contributed by atoms with E-state index in [1.807, 2.05) is 37.3 Å². The van der Waals surface area contributed by atoms with Crippen LogP contribution in [0.2, 0.25) is 0 Å². The molecule has 0 heterocycles. The van der Waals surface area contributed by atoms with Gasteiger partial charge in [0.2, 0.25) is 0 Å². The zero-order valence-electron chi connectivity index (χ0n) is 8.26. The molecule has 0 aromatic heterocycles. The van der Waals surface area contributed by atoms with Crippen molar-refractivity contribution in [2.24, 2.45) is 0 Å². The Kier molecular flexibility index (Phi) is 4.59. The summed E-state index contributed by atoms with van der Waals surface area (Å²) in [6.45, 7) is 2.14. The summed E-state index contributed by atoms with van der Waals surface area (Å²) >= 11 is 0. The highest BCUT2D eigenvalue weighted by molar-refractivity contribution is 5.18. The van der Waals surface area contributed by atoms with Crippen molar-refractivity contribution in [1.82, 2.24) is 0 Å². The summed E-state index contributed by atoms with van der Waals surface area (Å²) in [5.41, 5.74) is 0.764. The second-order valence-electron chi connectivity index (χ2n) is 3.03. The SMILES string of the molecule is CCOC(CO)C(O)c1ccccc1. The van der Waals surface area contributed by atoms with E-state index in [0.29, 0.717) is 6.61 Å². The fourth-order valence-corrected chi connectivity index (χ4v) is 1.32. The van der Waals surface area contributed by atoms with Crippen LogP contribution in [-0.2, 0) is 4.74 Å². The highest BCUT2D eigenvalue weighted by atomic mass is 16.5. The van der Waals surface area contributed by atoms with Crippen LogP contribution in [0.1, 0.15) is 18.6 Å².